The van der Waals surface area contributed by atoms with Crippen LogP contribution in [0.15, 0.2) is 36.4 Å². The Morgan fingerprint density at radius 1 is 1.35 bits per heavy atom. The van der Waals surface area contributed by atoms with Gasteiger partial charge in [-0.3, -0.25) is 0 Å². The molecule has 1 rings (SSSR count). The van der Waals surface area contributed by atoms with E-state index >= 15 is 0 Å². The minimum Gasteiger partial charge on any atom is -0.490 e. The minimum atomic E-state index is -0.990. The van der Waals surface area contributed by atoms with Crippen LogP contribution < -0.4 is 4.74 Å². The van der Waals surface area contributed by atoms with Crippen LogP contribution >= 0.6 is 0 Å². The number of carboxylic acid groups (broad SMARTS) is 1. The monoisotopic (exact) mass is 236 g/mol. The molecule has 0 amide bonds. The summed E-state index contributed by atoms with van der Waals surface area (Å²) in [5, 5.41) is 8.92. The number of allylic oxidation sites excluding steroid dienone is 1. The highest BCUT2D eigenvalue weighted by Crippen LogP contribution is 2.17. The van der Waals surface area contributed by atoms with Gasteiger partial charge in [-0.2, -0.15) is 0 Å². The highest BCUT2D eigenvalue weighted by Gasteiger charge is 2.09. The molecule has 92 valence electrons. The summed E-state index contributed by atoms with van der Waals surface area (Å²) in [5.41, 5.74) is 0.168. The summed E-state index contributed by atoms with van der Waals surface area (Å²) >= 11 is 0. The molecule has 0 spiro atoms. The Bertz CT molecular complexity index is 385. The van der Waals surface area contributed by atoms with E-state index in [1.54, 1.807) is 18.2 Å². The molecular weight excluding hydrogens is 220 g/mol. The normalized spacial score (nSPS) is 10.6. The second-order valence-corrected chi connectivity index (χ2v) is 3.29. The maximum absolute atomic E-state index is 10.9. The first-order valence-corrected chi connectivity index (χ1v) is 5.39. The molecule has 0 unspecified atom stereocenters. The summed E-state index contributed by atoms with van der Waals surface area (Å²) in [6, 6.07) is 6.55. The Balaban J connectivity index is 2.38. The van der Waals surface area contributed by atoms with Crippen LogP contribution in [0, 0.1) is 0 Å². The van der Waals surface area contributed by atoms with Crippen molar-refractivity contribution < 1.29 is 19.4 Å². The molecule has 1 N–H and O–H groups in total. The number of para-hydroxylation sites is 1. The van der Waals surface area contributed by atoms with E-state index in [4.69, 9.17) is 14.6 Å². The van der Waals surface area contributed by atoms with Gasteiger partial charge in [0.25, 0.3) is 0 Å². The molecule has 4 nitrogen and oxygen atoms in total. The lowest BCUT2D eigenvalue weighted by atomic mass is 10.2. The van der Waals surface area contributed by atoms with Gasteiger partial charge < -0.3 is 14.6 Å². The zero-order valence-electron chi connectivity index (χ0n) is 9.76. The first-order chi connectivity index (χ1) is 8.25. The van der Waals surface area contributed by atoms with E-state index in [2.05, 4.69) is 0 Å². The summed E-state index contributed by atoms with van der Waals surface area (Å²) in [6.45, 7) is 3.23. The van der Waals surface area contributed by atoms with Gasteiger partial charge in [0.1, 0.15) is 17.9 Å². The lowest BCUT2D eigenvalue weighted by Crippen LogP contribution is -2.09. The van der Waals surface area contributed by atoms with Gasteiger partial charge in [-0.05, 0) is 19.1 Å². The standard InChI is InChI=1S/C13H16O4/c1-2-3-8-16-9-10-17-12-7-5-4-6-11(12)13(14)15/h2-7H,8-10H2,1H3,(H,14,15). The number of hydrogen-bond acceptors (Lipinski definition) is 3. The summed E-state index contributed by atoms with van der Waals surface area (Å²) in [5.74, 6) is -0.620. The van der Waals surface area contributed by atoms with Crippen LogP contribution in [0.5, 0.6) is 5.75 Å². The van der Waals surface area contributed by atoms with Crippen LogP contribution in [0.25, 0.3) is 0 Å². The van der Waals surface area contributed by atoms with Crippen molar-refractivity contribution in [3.05, 3.63) is 42.0 Å². The van der Waals surface area contributed by atoms with Crippen LogP contribution in [0.2, 0.25) is 0 Å². The summed E-state index contributed by atoms with van der Waals surface area (Å²) in [4.78, 5) is 10.9. The van der Waals surface area contributed by atoms with Crippen molar-refractivity contribution in [3.63, 3.8) is 0 Å². The molecular formula is C13H16O4. The van der Waals surface area contributed by atoms with Crippen LogP contribution in [-0.4, -0.2) is 30.9 Å². The Morgan fingerprint density at radius 2 is 2.12 bits per heavy atom. The first-order valence-electron chi connectivity index (χ1n) is 5.39. The Hall–Kier alpha value is -1.81. The molecule has 4 heteroatoms. The number of benzene rings is 1. The fourth-order valence-corrected chi connectivity index (χ4v) is 1.23. The smallest absolute Gasteiger partial charge is 0.339 e. The average molecular weight is 236 g/mol. The van der Waals surface area contributed by atoms with Gasteiger partial charge in [-0.15, -0.1) is 0 Å². The quantitative estimate of drug-likeness (QED) is 0.583. The van der Waals surface area contributed by atoms with E-state index in [1.807, 2.05) is 19.1 Å². The maximum atomic E-state index is 10.9. The van der Waals surface area contributed by atoms with Gasteiger partial charge >= 0.3 is 5.97 Å². The molecule has 17 heavy (non-hydrogen) atoms. The Labute approximate surface area is 100 Å². The Morgan fingerprint density at radius 3 is 2.82 bits per heavy atom. The number of carbonyl (C=O) groups is 1. The molecule has 0 aliphatic rings. The lowest BCUT2D eigenvalue weighted by molar-refractivity contribution is 0.0688. The van der Waals surface area contributed by atoms with Crippen LogP contribution in [0.1, 0.15) is 17.3 Å². The topological polar surface area (TPSA) is 55.8 Å². The number of carboxylic acids is 1. The molecule has 0 fully saturated rings. The molecule has 1 aromatic rings. The summed E-state index contributed by atoms with van der Waals surface area (Å²) in [6.07, 6.45) is 3.80. The Kier molecular flexibility index (Phi) is 5.82. The van der Waals surface area contributed by atoms with Crippen LogP contribution in [-0.2, 0) is 4.74 Å². The fraction of sp³-hybridized carbons (Fsp3) is 0.308. The number of aromatic carboxylic acids is 1. The van der Waals surface area contributed by atoms with Crippen molar-refractivity contribution in [2.75, 3.05) is 19.8 Å². The molecule has 0 saturated carbocycles. The number of ether oxygens (including phenoxy) is 2. The highest BCUT2D eigenvalue weighted by atomic mass is 16.5. The molecule has 0 radical (unpaired) electrons. The molecule has 0 atom stereocenters. The van der Waals surface area contributed by atoms with Gasteiger partial charge in [-0.25, -0.2) is 4.79 Å². The van der Waals surface area contributed by atoms with Crippen LogP contribution in [0.4, 0.5) is 0 Å². The van der Waals surface area contributed by atoms with Crippen molar-refractivity contribution in [1.82, 2.24) is 0 Å². The molecule has 1 aromatic carbocycles. The highest BCUT2D eigenvalue weighted by molar-refractivity contribution is 5.90. The van der Waals surface area contributed by atoms with Gasteiger partial charge in [0.15, 0.2) is 0 Å². The second-order valence-electron chi connectivity index (χ2n) is 3.29. The van der Waals surface area contributed by atoms with Gasteiger partial charge in [0.2, 0.25) is 0 Å². The van der Waals surface area contributed by atoms with Crippen molar-refractivity contribution in [2.24, 2.45) is 0 Å². The van der Waals surface area contributed by atoms with E-state index in [1.165, 1.54) is 6.07 Å². The van der Waals surface area contributed by atoms with E-state index in [-0.39, 0.29) is 5.56 Å². The number of rotatable bonds is 7. The van der Waals surface area contributed by atoms with E-state index < -0.39 is 5.97 Å². The zero-order valence-corrected chi connectivity index (χ0v) is 9.76. The molecule has 0 saturated heterocycles. The predicted molar refractivity (Wildman–Crippen MR) is 64.5 cm³/mol. The zero-order chi connectivity index (χ0) is 12.5. The summed E-state index contributed by atoms with van der Waals surface area (Å²) in [7, 11) is 0. The van der Waals surface area contributed by atoms with Gasteiger partial charge in [0, 0.05) is 0 Å². The van der Waals surface area contributed by atoms with E-state index in [0.29, 0.717) is 25.6 Å². The third-order valence-electron chi connectivity index (χ3n) is 2.05. The third-order valence-corrected chi connectivity index (χ3v) is 2.05. The third kappa shape index (κ3) is 4.70. The average Bonchev–Trinajstić information content (AvgIpc) is 2.34. The van der Waals surface area contributed by atoms with E-state index in [9.17, 15) is 4.79 Å². The largest absolute Gasteiger partial charge is 0.490 e. The first kappa shape index (κ1) is 13.3. The number of hydrogen-bond donors (Lipinski definition) is 1. The molecule has 0 aliphatic heterocycles. The van der Waals surface area contributed by atoms with Crippen LogP contribution in [0.3, 0.4) is 0 Å². The molecule has 0 bridgehead atoms. The molecule has 0 aliphatic carbocycles. The minimum absolute atomic E-state index is 0.168. The molecule has 0 aromatic heterocycles. The SMILES string of the molecule is CC=CCOCCOc1ccccc1C(=O)O. The van der Waals surface area contributed by atoms with Crippen molar-refractivity contribution in [3.8, 4) is 5.75 Å². The molecule has 0 heterocycles. The fourth-order valence-electron chi connectivity index (χ4n) is 1.23. The second kappa shape index (κ2) is 7.46. The summed E-state index contributed by atoms with van der Waals surface area (Å²) < 4.78 is 10.6. The van der Waals surface area contributed by atoms with Crippen molar-refractivity contribution in [2.45, 2.75) is 6.92 Å². The van der Waals surface area contributed by atoms with Crippen molar-refractivity contribution in [1.29, 1.82) is 0 Å². The predicted octanol–water partition coefficient (Wildman–Crippen LogP) is 2.36. The van der Waals surface area contributed by atoms with Gasteiger partial charge in [0.05, 0.1) is 13.2 Å². The maximum Gasteiger partial charge on any atom is 0.339 e. The van der Waals surface area contributed by atoms with E-state index in [0.717, 1.165) is 0 Å². The van der Waals surface area contributed by atoms with Crippen molar-refractivity contribution >= 4 is 5.97 Å². The lowest BCUT2D eigenvalue weighted by Gasteiger charge is -2.08. The van der Waals surface area contributed by atoms with Gasteiger partial charge in [-0.1, -0.05) is 24.3 Å².